The molecule has 1 saturated heterocycles. The molecule has 1 heterocycles. The van der Waals surface area contributed by atoms with Crippen molar-refractivity contribution in [2.75, 3.05) is 26.2 Å². The summed E-state index contributed by atoms with van der Waals surface area (Å²) in [4.78, 5) is 2.41. The Hall–Kier alpha value is -0.640. The Morgan fingerprint density at radius 3 is 2.67 bits per heavy atom. The maximum Gasteiger partial charge on any atom is 0.146 e. The van der Waals surface area contributed by atoms with E-state index in [1.807, 2.05) is 12.1 Å². The van der Waals surface area contributed by atoms with Crippen LogP contribution in [0.1, 0.15) is 24.4 Å². The summed E-state index contributed by atoms with van der Waals surface area (Å²) < 4.78 is 14.2. The molecule has 1 aromatic rings. The third kappa shape index (κ3) is 2.40. The van der Waals surface area contributed by atoms with Crippen molar-refractivity contribution >= 4 is 11.6 Å². The number of nitrogens with zero attached hydrogens (tertiary/aromatic N) is 1. The minimum atomic E-state index is -0.227. The van der Waals surface area contributed by atoms with Gasteiger partial charge in [0.2, 0.25) is 0 Å². The van der Waals surface area contributed by atoms with Gasteiger partial charge in [-0.3, -0.25) is 4.90 Å². The molecule has 0 amide bonds. The van der Waals surface area contributed by atoms with Gasteiger partial charge in [-0.25, -0.2) is 4.39 Å². The number of rotatable bonds is 3. The minimum Gasteiger partial charge on any atom is -0.314 e. The topological polar surface area (TPSA) is 15.3 Å². The molecule has 2 nitrogen and oxygen atoms in total. The lowest BCUT2D eigenvalue weighted by Gasteiger charge is -2.35. The lowest BCUT2D eigenvalue weighted by molar-refractivity contribution is 0.153. The van der Waals surface area contributed by atoms with Crippen LogP contribution in [0.15, 0.2) is 18.2 Å². The van der Waals surface area contributed by atoms with Crippen molar-refractivity contribution in [1.82, 2.24) is 10.2 Å². The molecule has 1 N–H and O–H groups in total. The van der Waals surface area contributed by atoms with Crippen molar-refractivity contribution in [3.05, 3.63) is 34.6 Å². The molecule has 18 heavy (non-hydrogen) atoms. The van der Waals surface area contributed by atoms with E-state index in [1.54, 1.807) is 6.07 Å². The second-order valence-electron chi connectivity index (χ2n) is 5.21. The van der Waals surface area contributed by atoms with Crippen molar-refractivity contribution in [3.8, 4) is 0 Å². The second-order valence-corrected chi connectivity index (χ2v) is 5.62. The summed E-state index contributed by atoms with van der Waals surface area (Å²) in [5.74, 6) is 0.380. The molecule has 1 aliphatic carbocycles. The molecule has 0 aromatic heterocycles. The van der Waals surface area contributed by atoms with Gasteiger partial charge < -0.3 is 5.32 Å². The lowest BCUT2D eigenvalue weighted by atomic mass is 9.99. The maximum absolute atomic E-state index is 14.2. The predicted molar refractivity (Wildman–Crippen MR) is 71.3 cm³/mol. The van der Waals surface area contributed by atoms with Crippen LogP contribution in [0.4, 0.5) is 4.39 Å². The molecule has 0 unspecified atom stereocenters. The number of hydrogen-bond acceptors (Lipinski definition) is 2. The first-order valence-corrected chi connectivity index (χ1v) is 7.04. The quantitative estimate of drug-likeness (QED) is 0.907. The minimum absolute atomic E-state index is 0.214. The first kappa shape index (κ1) is 12.4. The van der Waals surface area contributed by atoms with Crippen molar-refractivity contribution < 1.29 is 4.39 Å². The molecule has 1 atom stereocenters. The Morgan fingerprint density at radius 1 is 1.28 bits per heavy atom. The van der Waals surface area contributed by atoms with Gasteiger partial charge in [0, 0.05) is 37.8 Å². The monoisotopic (exact) mass is 268 g/mol. The van der Waals surface area contributed by atoms with Crippen LogP contribution in [-0.2, 0) is 0 Å². The van der Waals surface area contributed by atoms with Crippen LogP contribution in [0, 0.1) is 11.7 Å². The fourth-order valence-corrected chi connectivity index (χ4v) is 3.05. The van der Waals surface area contributed by atoms with Gasteiger partial charge in [0.15, 0.2) is 0 Å². The van der Waals surface area contributed by atoms with Gasteiger partial charge >= 0.3 is 0 Å². The van der Waals surface area contributed by atoms with Gasteiger partial charge in [0.1, 0.15) is 5.82 Å². The van der Waals surface area contributed by atoms with Gasteiger partial charge in [-0.2, -0.15) is 0 Å². The third-order valence-corrected chi connectivity index (χ3v) is 4.21. The summed E-state index contributed by atoms with van der Waals surface area (Å²) >= 11 is 5.92. The fraction of sp³-hybridized carbons (Fsp3) is 0.571. The van der Waals surface area contributed by atoms with Crippen LogP contribution < -0.4 is 5.32 Å². The molecule has 98 valence electrons. The first-order valence-electron chi connectivity index (χ1n) is 6.66. The smallest absolute Gasteiger partial charge is 0.146 e. The Morgan fingerprint density at radius 2 is 2.00 bits per heavy atom. The summed E-state index contributed by atoms with van der Waals surface area (Å²) in [5.41, 5.74) is 0.784. The van der Waals surface area contributed by atoms with Crippen molar-refractivity contribution in [3.63, 3.8) is 0 Å². The lowest BCUT2D eigenvalue weighted by Crippen LogP contribution is -2.45. The number of halogens is 2. The van der Waals surface area contributed by atoms with E-state index >= 15 is 0 Å². The molecule has 0 bridgehead atoms. The van der Waals surface area contributed by atoms with Crippen molar-refractivity contribution in [2.45, 2.75) is 18.9 Å². The highest BCUT2D eigenvalue weighted by molar-refractivity contribution is 6.30. The van der Waals surface area contributed by atoms with Crippen LogP contribution in [0.2, 0.25) is 5.02 Å². The Balaban J connectivity index is 1.90. The predicted octanol–water partition coefficient (Wildman–Crippen LogP) is 2.84. The highest BCUT2D eigenvalue weighted by Crippen LogP contribution is 2.45. The SMILES string of the molecule is Fc1c(Cl)cccc1[C@H](C1CC1)N1CCNCC1. The second kappa shape index (κ2) is 5.16. The third-order valence-electron chi connectivity index (χ3n) is 3.91. The zero-order valence-corrected chi connectivity index (χ0v) is 11.1. The fourth-order valence-electron chi connectivity index (χ4n) is 2.87. The van der Waals surface area contributed by atoms with Gasteiger partial charge in [-0.15, -0.1) is 0 Å². The van der Waals surface area contributed by atoms with E-state index in [9.17, 15) is 4.39 Å². The highest BCUT2D eigenvalue weighted by atomic mass is 35.5. The zero-order valence-electron chi connectivity index (χ0n) is 10.3. The molecule has 0 spiro atoms. The van der Waals surface area contributed by atoms with E-state index in [0.29, 0.717) is 5.92 Å². The molecular weight excluding hydrogens is 251 g/mol. The molecule has 1 aliphatic heterocycles. The Labute approximate surface area is 112 Å². The number of piperazine rings is 1. The van der Waals surface area contributed by atoms with Crippen LogP contribution in [-0.4, -0.2) is 31.1 Å². The van der Waals surface area contributed by atoms with Crippen LogP contribution >= 0.6 is 11.6 Å². The maximum atomic E-state index is 14.2. The molecule has 1 aromatic carbocycles. The van der Waals surface area contributed by atoms with Crippen molar-refractivity contribution in [1.29, 1.82) is 0 Å². The van der Waals surface area contributed by atoms with E-state index in [1.165, 1.54) is 12.8 Å². The van der Waals surface area contributed by atoms with E-state index < -0.39 is 0 Å². The van der Waals surface area contributed by atoms with E-state index in [0.717, 1.165) is 31.7 Å². The summed E-state index contributed by atoms with van der Waals surface area (Å²) in [7, 11) is 0. The van der Waals surface area contributed by atoms with Gasteiger partial charge in [0.25, 0.3) is 0 Å². The average molecular weight is 269 g/mol. The van der Waals surface area contributed by atoms with Gasteiger partial charge in [0.05, 0.1) is 5.02 Å². The van der Waals surface area contributed by atoms with Gasteiger partial charge in [-0.1, -0.05) is 23.7 Å². The van der Waals surface area contributed by atoms with E-state index in [-0.39, 0.29) is 16.9 Å². The molecule has 2 fully saturated rings. The molecule has 1 saturated carbocycles. The van der Waals surface area contributed by atoms with Crippen LogP contribution in [0.5, 0.6) is 0 Å². The Kier molecular flexibility index (Phi) is 3.55. The van der Waals surface area contributed by atoms with E-state index in [4.69, 9.17) is 11.6 Å². The molecule has 3 rings (SSSR count). The number of hydrogen-bond donors (Lipinski definition) is 1. The summed E-state index contributed by atoms with van der Waals surface area (Å²) in [6.45, 7) is 3.97. The summed E-state index contributed by atoms with van der Waals surface area (Å²) in [6.07, 6.45) is 2.42. The summed E-state index contributed by atoms with van der Waals surface area (Å²) in [6, 6.07) is 5.60. The standard InChI is InChI=1S/C14H18ClFN2/c15-12-3-1-2-11(13(12)16)14(10-4-5-10)18-8-6-17-7-9-18/h1-3,10,14,17H,4-9H2/t14-/m0/s1. The largest absolute Gasteiger partial charge is 0.314 e. The van der Waals surface area contributed by atoms with Crippen LogP contribution in [0.25, 0.3) is 0 Å². The van der Waals surface area contributed by atoms with Crippen molar-refractivity contribution in [2.24, 2.45) is 5.92 Å². The zero-order chi connectivity index (χ0) is 12.5. The normalized spacial score (nSPS) is 23.0. The number of benzene rings is 1. The van der Waals surface area contributed by atoms with E-state index in [2.05, 4.69) is 10.2 Å². The molecule has 4 heteroatoms. The first-order chi connectivity index (χ1) is 8.77. The summed E-state index contributed by atoms with van der Waals surface area (Å²) in [5, 5.41) is 3.59. The molecular formula is C14H18ClFN2. The Bertz CT molecular complexity index is 428. The average Bonchev–Trinajstić information content (AvgIpc) is 3.21. The molecule has 0 radical (unpaired) electrons. The highest BCUT2D eigenvalue weighted by Gasteiger charge is 2.38. The van der Waals surface area contributed by atoms with Gasteiger partial charge in [-0.05, 0) is 24.8 Å². The van der Waals surface area contributed by atoms with Crippen LogP contribution in [0.3, 0.4) is 0 Å². The molecule has 2 aliphatic rings. The number of nitrogens with one attached hydrogen (secondary N) is 1.